The third kappa shape index (κ3) is 5.62. The molecule has 0 aliphatic carbocycles. The van der Waals surface area contributed by atoms with Gasteiger partial charge < -0.3 is 20.3 Å². The summed E-state index contributed by atoms with van der Waals surface area (Å²) in [5, 5.41) is 6.75. The zero-order valence-electron chi connectivity index (χ0n) is 16.9. The highest BCUT2D eigenvalue weighted by atomic mass is 16.5. The Balaban J connectivity index is 1.54. The summed E-state index contributed by atoms with van der Waals surface area (Å²) in [4.78, 5) is 11.3. The number of hydrogen-bond donors (Lipinski definition) is 2. The SMILES string of the molecule is CCOc1ccccc1CNC(=NC)NCc1ccnc(N2CCCCC2)c1. The van der Waals surface area contributed by atoms with Crippen LogP contribution in [0.5, 0.6) is 5.75 Å². The first-order valence-electron chi connectivity index (χ1n) is 10.1. The van der Waals surface area contributed by atoms with Crippen LogP contribution in [0.25, 0.3) is 0 Å². The molecule has 0 bridgehead atoms. The Hall–Kier alpha value is -2.76. The van der Waals surface area contributed by atoms with Crippen molar-refractivity contribution in [3.63, 3.8) is 0 Å². The smallest absolute Gasteiger partial charge is 0.191 e. The van der Waals surface area contributed by atoms with Gasteiger partial charge in [0, 0.05) is 45.0 Å². The molecular weight excluding hydrogens is 350 g/mol. The molecule has 28 heavy (non-hydrogen) atoms. The summed E-state index contributed by atoms with van der Waals surface area (Å²) in [6.07, 6.45) is 5.73. The summed E-state index contributed by atoms with van der Waals surface area (Å²) in [5.41, 5.74) is 2.32. The molecule has 0 spiro atoms. The zero-order valence-corrected chi connectivity index (χ0v) is 16.9. The number of benzene rings is 1. The molecule has 2 aromatic rings. The number of nitrogens with zero attached hydrogens (tertiary/aromatic N) is 3. The lowest BCUT2D eigenvalue weighted by molar-refractivity contribution is 0.336. The molecule has 6 heteroatoms. The molecule has 0 atom stereocenters. The van der Waals surface area contributed by atoms with Crippen molar-refractivity contribution in [2.24, 2.45) is 4.99 Å². The topological polar surface area (TPSA) is 61.8 Å². The minimum Gasteiger partial charge on any atom is -0.494 e. The van der Waals surface area contributed by atoms with Crippen LogP contribution < -0.4 is 20.3 Å². The first kappa shape index (κ1) is 20.0. The van der Waals surface area contributed by atoms with Crippen molar-refractivity contribution in [2.75, 3.05) is 31.6 Å². The maximum Gasteiger partial charge on any atom is 0.191 e. The van der Waals surface area contributed by atoms with E-state index in [9.17, 15) is 0 Å². The van der Waals surface area contributed by atoms with Crippen molar-refractivity contribution in [3.05, 3.63) is 53.7 Å². The lowest BCUT2D eigenvalue weighted by Gasteiger charge is -2.28. The highest BCUT2D eigenvalue weighted by molar-refractivity contribution is 5.79. The normalized spacial score (nSPS) is 14.6. The monoisotopic (exact) mass is 381 g/mol. The molecule has 1 fully saturated rings. The maximum atomic E-state index is 5.69. The predicted molar refractivity (Wildman–Crippen MR) is 115 cm³/mol. The van der Waals surface area contributed by atoms with E-state index in [1.165, 1.54) is 24.8 Å². The number of aliphatic imine (C=N–C) groups is 1. The van der Waals surface area contributed by atoms with Crippen molar-refractivity contribution in [1.29, 1.82) is 0 Å². The Morgan fingerprint density at radius 3 is 2.68 bits per heavy atom. The van der Waals surface area contributed by atoms with Crippen molar-refractivity contribution >= 4 is 11.8 Å². The van der Waals surface area contributed by atoms with Gasteiger partial charge in [0.15, 0.2) is 5.96 Å². The number of para-hydroxylation sites is 1. The average Bonchev–Trinajstić information content (AvgIpc) is 2.76. The fourth-order valence-electron chi connectivity index (χ4n) is 3.40. The Kier molecular flexibility index (Phi) is 7.53. The number of guanidine groups is 1. The Morgan fingerprint density at radius 2 is 1.89 bits per heavy atom. The van der Waals surface area contributed by atoms with Crippen molar-refractivity contribution < 1.29 is 4.74 Å². The zero-order chi connectivity index (χ0) is 19.6. The van der Waals surface area contributed by atoms with Gasteiger partial charge in [0.05, 0.1) is 6.61 Å². The number of anilines is 1. The molecule has 1 aliphatic heterocycles. The molecule has 1 saturated heterocycles. The van der Waals surface area contributed by atoms with Gasteiger partial charge in [-0.3, -0.25) is 4.99 Å². The van der Waals surface area contributed by atoms with E-state index in [0.717, 1.165) is 36.2 Å². The molecule has 0 amide bonds. The number of piperidine rings is 1. The number of nitrogens with one attached hydrogen (secondary N) is 2. The predicted octanol–water partition coefficient (Wildman–Crippen LogP) is 3.34. The molecule has 150 valence electrons. The van der Waals surface area contributed by atoms with Gasteiger partial charge in [-0.05, 0) is 49.9 Å². The first-order chi connectivity index (χ1) is 13.8. The number of rotatable bonds is 7. The van der Waals surface area contributed by atoms with Gasteiger partial charge in [0.25, 0.3) is 0 Å². The van der Waals surface area contributed by atoms with E-state index >= 15 is 0 Å². The minimum atomic E-state index is 0.658. The summed E-state index contributed by atoms with van der Waals surface area (Å²) in [6, 6.07) is 12.3. The molecular formula is C22H31N5O. The summed E-state index contributed by atoms with van der Waals surface area (Å²) in [5.74, 6) is 2.75. The quantitative estimate of drug-likeness (QED) is 0.569. The summed E-state index contributed by atoms with van der Waals surface area (Å²) in [6.45, 7) is 6.23. The van der Waals surface area contributed by atoms with Gasteiger partial charge in [0.1, 0.15) is 11.6 Å². The van der Waals surface area contributed by atoms with E-state index in [1.54, 1.807) is 7.05 Å². The second-order valence-corrected chi connectivity index (χ2v) is 6.89. The Labute approximate surface area is 168 Å². The number of pyridine rings is 1. The first-order valence-corrected chi connectivity index (χ1v) is 10.1. The fourth-order valence-corrected chi connectivity index (χ4v) is 3.40. The van der Waals surface area contributed by atoms with Gasteiger partial charge in [-0.15, -0.1) is 0 Å². The van der Waals surface area contributed by atoms with Crippen molar-refractivity contribution in [3.8, 4) is 5.75 Å². The van der Waals surface area contributed by atoms with Crippen LogP contribution in [-0.4, -0.2) is 37.7 Å². The number of ether oxygens (including phenoxy) is 1. The largest absolute Gasteiger partial charge is 0.494 e. The van der Waals surface area contributed by atoms with E-state index in [-0.39, 0.29) is 0 Å². The van der Waals surface area contributed by atoms with Gasteiger partial charge in [-0.25, -0.2) is 4.98 Å². The van der Waals surface area contributed by atoms with Gasteiger partial charge in [0.2, 0.25) is 0 Å². The third-order valence-corrected chi connectivity index (χ3v) is 4.89. The van der Waals surface area contributed by atoms with E-state index in [2.05, 4.69) is 43.7 Å². The van der Waals surface area contributed by atoms with Crippen LogP contribution in [-0.2, 0) is 13.1 Å². The van der Waals surface area contributed by atoms with E-state index in [1.807, 2.05) is 31.3 Å². The number of hydrogen-bond acceptors (Lipinski definition) is 4. The summed E-state index contributed by atoms with van der Waals surface area (Å²) in [7, 11) is 1.79. The van der Waals surface area contributed by atoms with Crippen molar-refractivity contribution in [1.82, 2.24) is 15.6 Å². The van der Waals surface area contributed by atoms with Crippen molar-refractivity contribution in [2.45, 2.75) is 39.3 Å². The van der Waals surface area contributed by atoms with Crippen LogP contribution in [0.15, 0.2) is 47.6 Å². The Morgan fingerprint density at radius 1 is 1.11 bits per heavy atom. The molecule has 1 aliphatic rings. The van der Waals surface area contributed by atoms with Gasteiger partial charge in [-0.1, -0.05) is 18.2 Å². The maximum absolute atomic E-state index is 5.69. The number of aromatic nitrogens is 1. The van der Waals surface area contributed by atoms with Crippen LogP contribution >= 0.6 is 0 Å². The molecule has 0 saturated carbocycles. The lowest BCUT2D eigenvalue weighted by atomic mass is 10.1. The molecule has 3 rings (SSSR count). The Bertz CT molecular complexity index is 771. The lowest BCUT2D eigenvalue weighted by Crippen LogP contribution is -2.36. The highest BCUT2D eigenvalue weighted by Crippen LogP contribution is 2.19. The molecule has 0 unspecified atom stereocenters. The van der Waals surface area contributed by atoms with Crippen LogP contribution in [0, 0.1) is 0 Å². The second-order valence-electron chi connectivity index (χ2n) is 6.89. The van der Waals surface area contributed by atoms with Crippen LogP contribution in [0.4, 0.5) is 5.82 Å². The second kappa shape index (κ2) is 10.5. The highest BCUT2D eigenvalue weighted by Gasteiger charge is 2.12. The van der Waals surface area contributed by atoms with Gasteiger partial charge in [-0.2, -0.15) is 0 Å². The third-order valence-electron chi connectivity index (χ3n) is 4.89. The molecule has 2 N–H and O–H groups in total. The summed E-state index contributed by atoms with van der Waals surface area (Å²) < 4.78 is 5.69. The van der Waals surface area contributed by atoms with E-state index < -0.39 is 0 Å². The van der Waals surface area contributed by atoms with Crippen LogP contribution in [0.2, 0.25) is 0 Å². The molecule has 2 heterocycles. The van der Waals surface area contributed by atoms with Crippen LogP contribution in [0.1, 0.15) is 37.3 Å². The minimum absolute atomic E-state index is 0.658. The van der Waals surface area contributed by atoms with E-state index in [4.69, 9.17) is 4.74 Å². The summed E-state index contributed by atoms with van der Waals surface area (Å²) >= 11 is 0. The van der Waals surface area contributed by atoms with E-state index in [0.29, 0.717) is 19.7 Å². The molecule has 1 aromatic carbocycles. The molecule has 1 aromatic heterocycles. The average molecular weight is 382 g/mol. The van der Waals surface area contributed by atoms with Gasteiger partial charge >= 0.3 is 0 Å². The fraction of sp³-hybridized carbons (Fsp3) is 0.455. The standard InChI is InChI=1S/C22H31N5O/c1-3-28-20-10-6-5-9-19(20)17-26-22(23-2)25-16-18-11-12-24-21(15-18)27-13-7-4-8-14-27/h5-6,9-12,15H,3-4,7-8,13-14,16-17H2,1-2H3,(H2,23,25,26). The molecule has 0 radical (unpaired) electrons. The van der Waals surface area contributed by atoms with Crippen LogP contribution in [0.3, 0.4) is 0 Å². The molecule has 6 nitrogen and oxygen atoms in total.